The average Bonchev–Trinajstić information content (AvgIpc) is 2.83. The van der Waals surface area contributed by atoms with Crippen molar-refractivity contribution in [2.45, 2.75) is 25.0 Å². The van der Waals surface area contributed by atoms with Gasteiger partial charge in [-0.3, -0.25) is 0 Å². The molecule has 0 aliphatic carbocycles. The molecule has 2 aromatic rings. The normalized spacial score (nSPS) is 12.4. The zero-order valence-corrected chi connectivity index (χ0v) is 13.8. The Hall–Kier alpha value is -1.53. The molecular weight excluding hydrogens is 284 g/mol. The maximum absolute atomic E-state index is 5.21. The number of hydrogen-bond acceptors (Lipinski definition) is 5. The minimum atomic E-state index is 0.280. The van der Waals surface area contributed by atoms with Crippen molar-refractivity contribution in [2.75, 3.05) is 19.4 Å². The number of methoxy groups -OCH3 is 1. The Bertz CT molecular complexity index is 568. The molecule has 5 nitrogen and oxygen atoms in total. The second kappa shape index (κ2) is 7.47. The third-order valence-electron chi connectivity index (χ3n) is 3.40. The summed E-state index contributed by atoms with van der Waals surface area (Å²) in [4.78, 5) is 0. The number of thioether (sulfide) groups is 1. The van der Waals surface area contributed by atoms with Crippen LogP contribution in [0.2, 0.25) is 0 Å². The lowest BCUT2D eigenvalue weighted by Crippen LogP contribution is -2.23. The van der Waals surface area contributed by atoms with Crippen LogP contribution in [0.25, 0.3) is 0 Å². The van der Waals surface area contributed by atoms with Gasteiger partial charge in [0.15, 0.2) is 5.16 Å². The van der Waals surface area contributed by atoms with E-state index in [2.05, 4.69) is 34.6 Å². The van der Waals surface area contributed by atoms with Gasteiger partial charge in [0, 0.05) is 18.8 Å². The van der Waals surface area contributed by atoms with Gasteiger partial charge in [-0.05, 0) is 31.2 Å². The molecule has 0 radical (unpaired) electrons. The van der Waals surface area contributed by atoms with Crippen molar-refractivity contribution in [3.8, 4) is 5.75 Å². The first kappa shape index (κ1) is 15.9. The fourth-order valence-corrected chi connectivity index (χ4v) is 3.08. The number of benzene rings is 1. The van der Waals surface area contributed by atoms with Crippen molar-refractivity contribution >= 4 is 11.8 Å². The Balaban J connectivity index is 2.06. The summed E-state index contributed by atoms with van der Waals surface area (Å²) in [7, 11) is 3.68. The van der Waals surface area contributed by atoms with E-state index in [0.29, 0.717) is 0 Å². The van der Waals surface area contributed by atoms with Crippen LogP contribution in [-0.4, -0.2) is 34.2 Å². The predicted octanol–water partition coefficient (Wildman–Crippen LogP) is 2.58. The fourth-order valence-electron chi connectivity index (χ4n) is 2.03. The summed E-state index contributed by atoms with van der Waals surface area (Å²) in [5.41, 5.74) is 1.25. The Kier molecular flexibility index (Phi) is 5.64. The lowest BCUT2D eigenvalue weighted by Gasteiger charge is -2.18. The summed E-state index contributed by atoms with van der Waals surface area (Å²) < 4.78 is 7.23. The first-order valence-electron chi connectivity index (χ1n) is 7.01. The lowest BCUT2D eigenvalue weighted by atomic mass is 10.1. The molecule has 1 aromatic carbocycles. The van der Waals surface area contributed by atoms with Crippen LogP contribution in [0.5, 0.6) is 5.75 Å². The summed E-state index contributed by atoms with van der Waals surface area (Å²) in [5.74, 6) is 2.72. The third kappa shape index (κ3) is 3.98. The molecule has 0 aliphatic rings. The number of ether oxygens (including phenoxy) is 1. The Morgan fingerprint density at radius 3 is 2.52 bits per heavy atom. The van der Waals surface area contributed by atoms with Crippen LogP contribution in [0.15, 0.2) is 29.4 Å². The van der Waals surface area contributed by atoms with E-state index >= 15 is 0 Å². The molecule has 1 N–H and O–H groups in total. The van der Waals surface area contributed by atoms with Crippen LogP contribution in [0.3, 0.4) is 0 Å². The zero-order chi connectivity index (χ0) is 15.2. The van der Waals surface area contributed by atoms with Gasteiger partial charge in [0.1, 0.15) is 11.6 Å². The minimum Gasteiger partial charge on any atom is -0.497 e. The molecule has 0 aliphatic heterocycles. The molecule has 114 valence electrons. The highest BCUT2D eigenvalue weighted by Gasteiger charge is 2.13. The second-order valence-corrected chi connectivity index (χ2v) is 5.77. The maximum Gasteiger partial charge on any atom is 0.191 e. The Morgan fingerprint density at radius 1 is 1.29 bits per heavy atom. The molecule has 0 saturated carbocycles. The van der Waals surface area contributed by atoms with E-state index in [9.17, 15) is 0 Å². The predicted molar refractivity (Wildman–Crippen MR) is 85.9 cm³/mol. The van der Waals surface area contributed by atoms with Crippen LogP contribution < -0.4 is 10.1 Å². The van der Waals surface area contributed by atoms with Crippen molar-refractivity contribution in [3.05, 3.63) is 35.7 Å². The third-order valence-corrected chi connectivity index (χ3v) is 4.51. The van der Waals surface area contributed by atoms with Crippen LogP contribution in [0.1, 0.15) is 24.4 Å². The first-order valence-corrected chi connectivity index (χ1v) is 8.00. The van der Waals surface area contributed by atoms with Crippen LogP contribution in [0, 0.1) is 6.92 Å². The van der Waals surface area contributed by atoms with Gasteiger partial charge in [-0.25, -0.2) is 0 Å². The molecule has 1 aromatic heterocycles. The number of nitrogens with zero attached hydrogens (tertiary/aromatic N) is 3. The van der Waals surface area contributed by atoms with Crippen molar-refractivity contribution in [1.29, 1.82) is 0 Å². The summed E-state index contributed by atoms with van der Waals surface area (Å²) in [5, 5.41) is 12.7. The van der Waals surface area contributed by atoms with Crippen LogP contribution in [0.4, 0.5) is 0 Å². The summed E-state index contributed by atoms with van der Waals surface area (Å²) >= 11 is 1.72. The van der Waals surface area contributed by atoms with Crippen LogP contribution >= 0.6 is 11.8 Å². The zero-order valence-electron chi connectivity index (χ0n) is 13.0. The quantitative estimate of drug-likeness (QED) is 0.797. The van der Waals surface area contributed by atoms with Gasteiger partial charge < -0.3 is 14.6 Å². The standard InChI is InChI=1S/C15H22N4OS/c1-5-16-14(12-6-8-13(20-4)9-7-12)10-21-15-18-17-11(2)19(15)3/h6-9,14,16H,5,10H2,1-4H3. The van der Waals surface area contributed by atoms with Crippen LogP contribution in [-0.2, 0) is 7.05 Å². The second-order valence-electron chi connectivity index (χ2n) is 4.78. The molecule has 1 unspecified atom stereocenters. The number of rotatable bonds is 7. The Morgan fingerprint density at radius 2 is 2.00 bits per heavy atom. The highest BCUT2D eigenvalue weighted by Crippen LogP contribution is 2.25. The van der Waals surface area contributed by atoms with Gasteiger partial charge in [-0.2, -0.15) is 0 Å². The van der Waals surface area contributed by atoms with Gasteiger partial charge in [0.25, 0.3) is 0 Å². The van der Waals surface area contributed by atoms with Gasteiger partial charge >= 0.3 is 0 Å². The van der Waals surface area contributed by atoms with E-state index in [1.54, 1.807) is 18.9 Å². The molecular formula is C15H22N4OS. The minimum absolute atomic E-state index is 0.280. The smallest absolute Gasteiger partial charge is 0.191 e. The van der Waals surface area contributed by atoms with E-state index in [4.69, 9.17) is 4.74 Å². The van der Waals surface area contributed by atoms with Gasteiger partial charge in [0.2, 0.25) is 0 Å². The molecule has 0 spiro atoms. The number of aryl methyl sites for hydroxylation is 1. The summed E-state index contributed by atoms with van der Waals surface area (Å²) in [6, 6.07) is 8.49. The SMILES string of the molecule is CCNC(CSc1nnc(C)n1C)c1ccc(OC)cc1. The Labute approximate surface area is 130 Å². The van der Waals surface area contributed by atoms with E-state index in [1.165, 1.54) is 5.56 Å². The average molecular weight is 306 g/mol. The molecule has 0 saturated heterocycles. The van der Waals surface area contributed by atoms with Gasteiger partial charge in [-0.15, -0.1) is 10.2 Å². The van der Waals surface area contributed by atoms with Crippen molar-refractivity contribution in [1.82, 2.24) is 20.1 Å². The van der Waals surface area contributed by atoms with E-state index in [0.717, 1.165) is 29.0 Å². The van der Waals surface area contributed by atoms with Crippen molar-refractivity contribution < 1.29 is 4.74 Å². The topological polar surface area (TPSA) is 52.0 Å². The molecule has 1 heterocycles. The number of nitrogens with one attached hydrogen (secondary N) is 1. The summed E-state index contributed by atoms with van der Waals surface area (Å²) in [6.45, 7) is 5.01. The monoisotopic (exact) mass is 306 g/mol. The highest BCUT2D eigenvalue weighted by molar-refractivity contribution is 7.99. The summed E-state index contributed by atoms with van der Waals surface area (Å²) in [6.07, 6.45) is 0. The fraction of sp³-hybridized carbons (Fsp3) is 0.467. The molecule has 6 heteroatoms. The van der Waals surface area contributed by atoms with E-state index < -0.39 is 0 Å². The number of aromatic nitrogens is 3. The number of hydrogen-bond donors (Lipinski definition) is 1. The molecule has 21 heavy (non-hydrogen) atoms. The molecule has 0 fully saturated rings. The van der Waals surface area contributed by atoms with Gasteiger partial charge in [-0.1, -0.05) is 30.8 Å². The van der Waals surface area contributed by atoms with E-state index in [1.807, 2.05) is 30.7 Å². The largest absolute Gasteiger partial charge is 0.497 e. The van der Waals surface area contributed by atoms with E-state index in [-0.39, 0.29) is 6.04 Å². The molecule has 1 atom stereocenters. The highest BCUT2D eigenvalue weighted by atomic mass is 32.2. The van der Waals surface area contributed by atoms with Gasteiger partial charge in [0.05, 0.1) is 7.11 Å². The lowest BCUT2D eigenvalue weighted by molar-refractivity contribution is 0.414. The first-order chi connectivity index (χ1) is 10.2. The molecule has 2 rings (SSSR count). The maximum atomic E-state index is 5.21. The van der Waals surface area contributed by atoms with Crippen molar-refractivity contribution in [2.24, 2.45) is 7.05 Å². The molecule has 0 bridgehead atoms. The van der Waals surface area contributed by atoms with Crippen molar-refractivity contribution in [3.63, 3.8) is 0 Å². The molecule has 0 amide bonds.